The molecule has 0 aliphatic carbocycles. The maximum absolute atomic E-state index is 12.2. The van der Waals surface area contributed by atoms with Crippen molar-refractivity contribution < 1.29 is 14.5 Å². The lowest BCUT2D eigenvalue weighted by atomic mass is 10.1. The predicted octanol–water partition coefficient (Wildman–Crippen LogP) is 3.72. The SMILES string of the molecule is C=CCOc1cccc(NC(=O)c2ccc([N+](=O)[O-])c(C)c2)c1. The Hall–Kier alpha value is -3.15. The van der Waals surface area contributed by atoms with Crippen LogP contribution in [0.1, 0.15) is 15.9 Å². The minimum absolute atomic E-state index is 0.0126. The zero-order valence-electron chi connectivity index (χ0n) is 12.6. The van der Waals surface area contributed by atoms with Crippen LogP contribution in [0.5, 0.6) is 5.75 Å². The lowest BCUT2D eigenvalue weighted by Gasteiger charge is -2.08. The molecule has 2 rings (SSSR count). The molecule has 0 saturated heterocycles. The number of hydrogen-bond acceptors (Lipinski definition) is 4. The van der Waals surface area contributed by atoms with E-state index in [0.29, 0.717) is 29.2 Å². The second-order valence-electron chi connectivity index (χ2n) is 4.84. The summed E-state index contributed by atoms with van der Waals surface area (Å²) in [5.41, 5.74) is 1.35. The molecule has 118 valence electrons. The molecule has 0 fully saturated rings. The van der Waals surface area contributed by atoms with Crippen LogP contribution in [0.4, 0.5) is 11.4 Å². The van der Waals surface area contributed by atoms with Gasteiger partial charge in [0.15, 0.2) is 0 Å². The molecule has 0 spiro atoms. The van der Waals surface area contributed by atoms with Crippen LogP contribution in [0, 0.1) is 17.0 Å². The van der Waals surface area contributed by atoms with E-state index in [0.717, 1.165) is 0 Å². The van der Waals surface area contributed by atoms with E-state index < -0.39 is 4.92 Å². The lowest BCUT2D eigenvalue weighted by Crippen LogP contribution is -2.12. The number of nitro groups is 1. The summed E-state index contributed by atoms with van der Waals surface area (Å²) >= 11 is 0. The highest BCUT2D eigenvalue weighted by molar-refractivity contribution is 6.04. The van der Waals surface area contributed by atoms with Crippen LogP contribution < -0.4 is 10.1 Å². The zero-order valence-corrected chi connectivity index (χ0v) is 12.6. The molecule has 23 heavy (non-hydrogen) atoms. The van der Waals surface area contributed by atoms with Crippen molar-refractivity contribution in [3.05, 3.63) is 76.4 Å². The van der Waals surface area contributed by atoms with Gasteiger partial charge in [0.05, 0.1) is 4.92 Å². The largest absolute Gasteiger partial charge is 0.489 e. The van der Waals surface area contributed by atoms with E-state index >= 15 is 0 Å². The lowest BCUT2D eigenvalue weighted by molar-refractivity contribution is -0.385. The number of hydrogen-bond donors (Lipinski definition) is 1. The van der Waals surface area contributed by atoms with Crippen LogP contribution in [0.3, 0.4) is 0 Å². The summed E-state index contributed by atoms with van der Waals surface area (Å²) in [6.07, 6.45) is 1.63. The fraction of sp³-hybridized carbons (Fsp3) is 0.118. The fourth-order valence-electron chi connectivity index (χ4n) is 2.02. The van der Waals surface area contributed by atoms with Crippen molar-refractivity contribution in [1.29, 1.82) is 0 Å². The first kappa shape index (κ1) is 16.2. The summed E-state index contributed by atoms with van der Waals surface area (Å²) in [5.74, 6) is 0.270. The van der Waals surface area contributed by atoms with E-state index in [1.165, 1.54) is 18.2 Å². The van der Waals surface area contributed by atoms with Crippen molar-refractivity contribution in [1.82, 2.24) is 0 Å². The van der Waals surface area contributed by atoms with Crippen LogP contribution >= 0.6 is 0 Å². The Kier molecular flexibility index (Phi) is 5.09. The maximum Gasteiger partial charge on any atom is 0.272 e. The highest BCUT2D eigenvalue weighted by Gasteiger charge is 2.14. The quantitative estimate of drug-likeness (QED) is 0.500. The fourth-order valence-corrected chi connectivity index (χ4v) is 2.02. The molecule has 0 radical (unpaired) electrons. The molecular weight excluding hydrogens is 296 g/mol. The van der Waals surface area contributed by atoms with Crippen molar-refractivity contribution in [2.24, 2.45) is 0 Å². The summed E-state index contributed by atoms with van der Waals surface area (Å²) in [6.45, 7) is 5.54. The first-order chi connectivity index (χ1) is 11.0. The van der Waals surface area contributed by atoms with Gasteiger partial charge in [-0.3, -0.25) is 14.9 Å². The molecule has 0 heterocycles. The maximum atomic E-state index is 12.2. The van der Waals surface area contributed by atoms with Crippen molar-refractivity contribution in [2.75, 3.05) is 11.9 Å². The second kappa shape index (κ2) is 7.22. The molecule has 2 aromatic rings. The number of carbonyl (C=O) groups excluding carboxylic acids is 1. The standard InChI is InChI=1S/C17H16N2O4/c1-3-9-23-15-6-4-5-14(11-15)18-17(20)13-7-8-16(19(21)22)12(2)10-13/h3-8,10-11H,1,9H2,2H3,(H,18,20). The number of amides is 1. The van der Waals surface area contributed by atoms with E-state index in [9.17, 15) is 14.9 Å². The molecule has 0 aliphatic rings. The van der Waals surface area contributed by atoms with Crippen LogP contribution in [0.25, 0.3) is 0 Å². The van der Waals surface area contributed by atoms with E-state index in [2.05, 4.69) is 11.9 Å². The Bertz CT molecular complexity index is 756. The molecule has 1 amide bonds. The van der Waals surface area contributed by atoms with Crippen molar-refractivity contribution in [3.63, 3.8) is 0 Å². The average molecular weight is 312 g/mol. The molecule has 0 aromatic heterocycles. The minimum atomic E-state index is -0.475. The van der Waals surface area contributed by atoms with Gasteiger partial charge in [-0.2, -0.15) is 0 Å². The summed E-state index contributed by atoms with van der Waals surface area (Å²) in [4.78, 5) is 22.6. The van der Waals surface area contributed by atoms with Crippen LogP contribution in [-0.4, -0.2) is 17.4 Å². The number of ether oxygens (including phenoxy) is 1. The monoisotopic (exact) mass is 312 g/mol. The van der Waals surface area contributed by atoms with Crippen molar-refractivity contribution >= 4 is 17.3 Å². The van der Waals surface area contributed by atoms with Crippen LogP contribution in [0.2, 0.25) is 0 Å². The highest BCUT2D eigenvalue weighted by atomic mass is 16.6. The molecule has 6 heteroatoms. The molecular formula is C17H16N2O4. The van der Waals surface area contributed by atoms with Gasteiger partial charge in [0.2, 0.25) is 0 Å². The van der Waals surface area contributed by atoms with Gasteiger partial charge in [-0.05, 0) is 31.2 Å². The number of anilines is 1. The Labute approximate surface area is 133 Å². The first-order valence-electron chi connectivity index (χ1n) is 6.91. The Morgan fingerprint density at radius 2 is 2.13 bits per heavy atom. The average Bonchev–Trinajstić information content (AvgIpc) is 2.52. The summed E-state index contributed by atoms with van der Waals surface area (Å²) < 4.78 is 5.40. The normalized spacial score (nSPS) is 9.96. The van der Waals surface area contributed by atoms with Gasteiger partial charge in [-0.1, -0.05) is 18.7 Å². The summed E-state index contributed by atoms with van der Waals surface area (Å²) in [6, 6.07) is 11.2. The number of benzene rings is 2. The Balaban J connectivity index is 2.14. The van der Waals surface area contributed by atoms with Crippen LogP contribution in [0.15, 0.2) is 55.1 Å². The second-order valence-corrected chi connectivity index (χ2v) is 4.84. The van der Waals surface area contributed by atoms with Gasteiger partial charge >= 0.3 is 0 Å². The summed E-state index contributed by atoms with van der Waals surface area (Å²) in [7, 11) is 0. The number of rotatable bonds is 6. The van der Waals surface area contributed by atoms with Gasteiger partial charge in [0, 0.05) is 28.9 Å². The van der Waals surface area contributed by atoms with E-state index in [1.807, 2.05) is 0 Å². The number of carbonyl (C=O) groups is 1. The number of aryl methyl sites for hydroxylation is 1. The number of nitro benzene ring substituents is 1. The van der Waals surface area contributed by atoms with Gasteiger partial charge in [0.1, 0.15) is 12.4 Å². The molecule has 0 unspecified atom stereocenters. The highest BCUT2D eigenvalue weighted by Crippen LogP contribution is 2.21. The third kappa shape index (κ3) is 4.16. The number of nitrogens with zero attached hydrogens (tertiary/aromatic N) is 1. The van der Waals surface area contributed by atoms with Gasteiger partial charge < -0.3 is 10.1 Å². The number of nitrogens with one attached hydrogen (secondary N) is 1. The van der Waals surface area contributed by atoms with Gasteiger partial charge in [-0.25, -0.2) is 0 Å². The third-order valence-corrected chi connectivity index (χ3v) is 3.12. The Morgan fingerprint density at radius 3 is 2.78 bits per heavy atom. The van der Waals surface area contributed by atoms with E-state index in [-0.39, 0.29) is 11.6 Å². The molecule has 2 aromatic carbocycles. The van der Waals surface area contributed by atoms with Crippen LogP contribution in [-0.2, 0) is 0 Å². The first-order valence-corrected chi connectivity index (χ1v) is 6.91. The van der Waals surface area contributed by atoms with Crippen molar-refractivity contribution in [3.8, 4) is 5.75 Å². The van der Waals surface area contributed by atoms with Crippen molar-refractivity contribution in [2.45, 2.75) is 6.92 Å². The van der Waals surface area contributed by atoms with E-state index in [4.69, 9.17) is 4.74 Å². The minimum Gasteiger partial charge on any atom is -0.489 e. The Morgan fingerprint density at radius 1 is 1.35 bits per heavy atom. The molecule has 0 saturated carbocycles. The topological polar surface area (TPSA) is 81.5 Å². The predicted molar refractivity (Wildman–Crippen MR) is 87.9 cm³/mol. The molecule has 6 nitrogen and oxygen atoms in total. The van der Waals surface area contributed by atoms with Gasteiger partial charge in [-0.15, -0.1) is 0 Å². The van der Waals surface area contributed by atoms with E-state index in [1.54, 1.807) is 37.3 Å². The third-order valence-electron chi connectivity index (χ3n) is 3.12. The van der Waals surface area contributed by atoms with Gasteiger partial charge in [0.25, 0.3) is 11.6 Å². The molecule has 0 atom stereocenters. The molecule has 1 N–H and O–H groups in total. The molecule has 0 aliphatic heterocycles. The summed E-state index contributed by atoms with van der Waals surface area (Å²) in [5, 5.41) is 13.5. The smallest absolute Gasteiger partial charge is 0.272 e. The zero-order chi connectivity index (χ0) is 16.8. The molecule has 0 bridgehead atoms.